The van der Waals surface area contributed by atoms with Gasteiger partial charge in [-0.25, -0.2) is 0 Å². The molecule has 1 atom stereocenters. The molecule has 1 saturated carbocycles. The van der Waals surface area contributed by atoms with Gasteiger partial charge in [0.15, 0.2) is 11.5 Å². The van der Waals surface area contributed by atoms with E-state index in [4.69, 9.17) is 9.47 Å². The number of aliphatic hydroxyl groups excluding tert-OH is 2. The van der Waals surface area contributed by atoms with E-state index in [2.05, 4.69) is 5.32 Å². The van der Waals surface area contributed by atoms with Gasteiger partial charge in [0.25, 0.3) is 0 Å². The van der Waals surface area contributed by atoms with Gasteiger partial charge in [-0.15, -0.1) is 0 Å². The lowest BCUT2D eigenvalue weighted by molar-refractivity contribution is 0.0551. The van der Waals surface area contributed by atoms with Crippen LogP contribution in [-0.2, 0) is 0 Å². The summed E-state index contributed by atoms with van der Waals surface area (Å²) in [6, 6.07) is 5.79. The maximum Gasteiger partial charge on any atom is 0.231 e. The first kappa shape index (κ1) is 11.8. The smallest absolute Gasteiger partial charge is 0.231 e. The van der Waals surface area contributed by atoms with Crippen LogP contribution in [0.5, 0.6) is 11.5 Å². The molecule has 5 heteroatoms. The second kappa shape index (κ2) is 4.76. The minimum atomic E-state index is -0.572. The van der Waals surface area contributed by atoms with Crippen LogP contribution in [0.3, 0.4) is 0 Å². The normalized spacial score (nSPS) is 26.8. The molecular formula is C13H17NO4. The number of ether oxygens (including phenoxy) is 2. The highest BCUT2D eigenvalue weighted by molar-refractivity contribution is 5.45. The van der Waals surface area contributed by atoms with Crippen molar-refractivity contribution in [1.82, 2.24) is 5.32 Å². The van der Waals surface area contributed by atoms with Crippen molar-refractivity contribution >= 4 is 0 Å². The second-order valence-electron chi connectivity index (χ2n) is 4.86. The van der Waals surface area contributed by atoms with Gasteiger partial charge in [-0.1, -0.05) is 6.07 Å². The van der Waals surface area contributed by atoms with Gasteiger partial charge in [0, 0.05) is 12.6 Å². The van der Waals surface area contributed by atoms with E-state index in [0.717, 1.165) is 24.2 Å². The molecule has 0 spiro atoms. The molecular weight excluding hydrogens is 234 g/mol. The molecule has 5 nitrogen and oxygen atoms in total. The first-order valence-corrected chi connectivity index (χ1v) is 6.21. The third-order valence-corrected chi connectivity index (χ3v) is 3.49. The van der Waals surface area contributed by atoms with E-state index >= 15 is 0 Å². The predicted molar refractivity (Wildman–Crippen MR) is 64.6 cm³/mol. The zero-order valence-electron chi connectivity index (χ0n) is 10.0. The molecule has 1 aliphatic heterocycles. The monoisotopic (exact) mass is 251 g/mol. The van der Waals surface area contributed by atoms with Gasteiger partial charge in [0.2, 0.25) is 6.79 Å². The lowest BCUT2D eigenvalue weighted by atomic mass is 9.89. The lowest BCUT2D eigenvalue weighted by Gasteiger charge is -2.32. The van der Waals surface area contributed by atoms with Crippen molar-refractivity contribution in [1.29, 1.82) is 0 Å². The SMILES string of the molecule is OC1CC(NCC(O)c2ccc3c(c2)OCO3)C1. The summed E-state index contributed by atoms with van der Waals surface area (Å²) >= 11 is 0. The molecule has 1 aromatic carbocycles. The molecule has 1 aliphatic carbocycles. The zero-order chi connectivity index (χ0) is 12.5. The zero-order valence-corrected chi connectivity index (χ0v) is 10.0. The van der Waals surface area contributed by atoms with Crippen LogP contribution in [0.25, 0.3) is 0 Å². The first-order valence-electron chi connectivity index (χ1n) is 6.21. The summed E-state index contributed by atoms with van der Waals surface area (Å²) in [5.41, 5.74) is 0.812. The Bertz CT molecular complexity index is 431. The van der Waals surface area contributed by atoms with Crippen LogP contribution < -0.4 is 14.8 Å². The van der Waals surface area contributed by atoms with Crippen molar-refractivity contribution < 1.29 is 19.7 Å². The number of rotatable bonds is 4. The Hall–Kier alpha value is -1.30. The lowest BCUT2D eigenvalue weighted by Crippen LogP contribution is -2.45. The molecule has 3 rings (SSSR count). The fourth-order valence-electron chi connectivity index (χ4n) is 2.27. The molecule has 18 heavy (non-hydrogen) atoms. The summed E-state index contributed by atoms with van der Waals surface area (Å²) in [7, 11) is 0. The van der Waals surface area contributed by atoms with Crippen molar-refractivity contribution in [3.8, 4) is 11.5 Å². The molecule has 98 valence electrons. The van der Waals surface area contributed by atoms with Crippen molar-refractivity contribution in [3.05, 3.63) is 23.8 Å². The maximum absolute atomic E-state index is 10.1. The summed E-state index contributed by atoms with van der Waals surface area (Å²) in [5, 5.41) is 22.5. The first-order chi connectivity index (χ1) is 8.72. The fourth-order valence-corrected chi connectivity index (χ4v) is 2.27. The Morgan fingerprint density at radius 1 is 1.28 bits per heavy atom. The Labute approximate surface area is 105 Å². The van der Waals surface area contributed by atoms with Gasteiger partial charge in [-0.05, 0) is 30.5 Å². The van der Waals surface area contributed by atoms with E-state index in [9.17, 15) is 10.2 Å². The van der Waals surface area contributed by atoms with Crippen LogP contribution in [-0.4, -0.2) is 35.7 Å². The largest absolute Gasteiger partial charge is 0.454 e. The van der Waals surface area contributed by atoms with Crippen LogP contribution in [0, 0.1) is 0 Å². The average molecular weight is 251 g/mol. The van der Waals surface area contributed by atoms with Crippen LogP contribution in [0.15, 0.2) is 18.2 Å². The third kappa shape index (κ3) is 2.29. The van der Waals surface area contributed by atoms with E-state index in [1.54, 1.807) is 0 Å². The molecule has 0 radical (unpaired) electrons. The molecule has 0 saturated heterocycles. The molecule has 3 N–H and O–H groups in total. The third-order valence-electron chi connectivity index (χ3n) is 3.49. The summed E-state index contributed by atoms with van der Waals surface area (Å²) in [6.07, 6.45) is 0.796. The highest BCUT2D eigenvalue weighted by Crippen LogP contribution is 2.34. The number of benzene rings is 1. The number of fused-ring (bicyclic) bond motifs is 1. The molecule has 0 amide bonds. The van der Waals surface area contributed by atoms with Crippen molar-refractivity contribution in [2.75, 3.05) is 13.3 Å². The number of aliphatic hydroxyl groups is 2. The van der Waals surface area contributed by atoms with Gasteiger partial charge in [-0.3, -0.25) is 0 Å². The van der Waals surface area contributed by atoms with Crippen LogP contribution in [0.4, 0.5) is 0 Å². The number of nitrogens with one attached hydrogen (secondary N) is 1. The summed E-state index contributed by atoms with van der Waals surface area (Å²) in [4.78, 5) is 0. The standard InChI is InChI=1S/C13H17NO4/c15-10-4-9(5-10)14-6-11(16)8-1-2-12-13(3-8)18-7-17-12/h1-3,9-11,14-16H,4-7H2. The van der Waals surface area contributed by atoms with Crippen molar-refractivity contribution in [2.24, 2.45) is 0 Å². The van der Waals surface area contributed by atoms with Gasteiger partial charge in [-0.2, -0.15) is 0 Å². The summed E-state index contributed by atoms with van der Waals surface area (Å²) in [5.74, 6) is 1.41. The molecule has 0 bridgehead atoms. The maximum atomic E-state index is 10.1. The molecule has 1 unspecified atom stereocenters. The van der Waals surface area contributed by atoms with Crippen molar-refractivity contribution in [2.45, 2.75) is 31.1 Å². The minimum absolute atomic E-state index is 0.176. The van der Waals surface area contributed by atoms with Crippen LogP contribution in [0.1, 0.15) is 24.5 Å². The fraction of sp³-hybridized carbons (Fsp3) is 0.538. The summed E-state index contributed by atoms with van der Waals surface area (Å²) < 4.78 is 10.5. The Balaban J connectivity index is 1.57. The van der Waals surface area contributed by atoms with E-state index in [1.807, 2.05) is 18.2 Å². The van der Waals surface area contributed by atoms with Gasteiger partial charge in [0.1, 0.15) is 0 Å². The quantitative estimate of drug-likeness (QED) is 0.729. The van der Waals surface area contributed by atoms with E-state index in [-0.39, 0.29) is 12.9 Å². The highest BCUT2D eigenvalue weighted by atomic mass is 16.7. The van der Waals surface area contributed by atoms with E-state index < -0.39 is 6.10 Å². The van der Waals surface area contributed by atoms with Crippen LogP contribution >= 0.6 is 0 Å². The topological polar surface area (TPSA) is 71.0 Å². The van der Waals surface area contributed by atoms with Gasteiger partial charge >= 0.3 is 0 Å². The Morgan fingerprint density at radius 2 is 2.06 bits per heavy atom. The number of hydrogen-bond acceptors (Lipinski definition) is 5. The predicted octanol–water partition coefficient (Wildman–Crippen LogP) is 0.562. The molecule has 2 aliphatic rings. The average Bonchev–Trinajstić information content (AvgIpc) is 2.79. The molecule has 1 fully saturated rings. The van der Waals surface area contributed by atoms with E-state index in [1.165, 1.54) is 0 Å². The molecule has 1 aromatic rings. The Kier molecular flexibility index (Phi) is 3.11. The summed E-state index contributed by atoms with van der Waals surface area (Å²) in [6.45, 7) is 0.726. The number of hydrogen-bond donors (Lipinski definition) is 3. The van der Waals surface area contributed by atoms with E-state index in [0.29, 0.717) is 18.3 Å². The minimum Gasteiger partial charge on any atom is -0.454 e. The van der Waals surface area contributed by atoms with Gasteiger partial charge in [0.05, 0.1) is 12.2 Å². The highest BCUT2D eigenvalue weighted by Gasteiger charge is 2.27. The van der Waals surface area contributed by atoms with Crippen LogP contribution in [0.2, 0.25) is 0 Å². The molecule has 0 aromatic heterocycles. The van der Waals surface area contributed by atoms with Crippen molar-refractivity contribution in [3.63, 3.8) is 0 Å². The Morgan fingerprint density at radius 3 is 2.83 bits per heavy atom. The van der Waals surface area contributed by atoms with Gasteiger partial charge < -0.3 is 25.0 Å². The molecule has 1 heterocycles. The second-order valence-corrected chi connectivity index (χ2v) is 4.86.